The van der Waals surface area contributed by atoms with Crippen LogP contribution in [-0.2, 0) is 11.2 Å². The number of nitrogens with zero attached hydrogens (tertiary/aromatic N) is 1. The number of furan rings is 1. The summed E-state index contributed by atoms with van der Waals surface area (Å²) in [6.45, 7) is 5.84. The average Bonchev–Trinajstić information content (AvgIpc) is 3.14. The number of carbonyl (C=O) groups excluding carboxylic acids is 1. The lowest BCUT2D eigenvalue weighted by Gasteiger charge is -2.32. The zero-order valence-electron chi connectivity index (χ0n) is 15.3. The monoisotopic (exact) mass is 358 g/mol. The highest BCUT2D eigenvalue weighted by molar-refractivity contribution is 5.76. The molecule has 26 heavy (non-hydrogen) atoms. The Hall–Kier alpha value is -2.14. The van der Waals surface area contributed by atoms with Gasteiger partial charge in [-0.2, -0.15) is 0 Å². The molecular formula is C21H27FN2O2. The van der Waals surface area contributed by atoms with Gasteiger partial charge < -0.3 is 14.6 Å². The first-order valence-electron chi connectivity index (χ1n) is 9.49. The molecule has 0 spiro atoms. The number of carbonyl (C=O) groups is 1. The van der Waals surface area contributed by atoms with Gasteiger partial charge in [0.1, 0.15) is 17.3 Å². The molecule has 1 fully saturated rings. The number of rotatable bonds is 7. The number of aryl methyl sites for hydroxylation is 1. The third-order valence-corrected chi connectivity index (χ3v) is 5.04. The fourth-order valence-electron chi connectivity index (χ4n) is 3.44. The highest BCUT2D eigenvalue weighted by Gasteiger charge is 2.22. The molecule has 1 saturated heterocycles. The maximum atomic E-state index is 13.8. The zero-order valence-corrected chi connectivity index (χ0v) is 15.3. The molecule has 0 atom stereocenters. The predicted molar refractivity (Wildman–Crippen MR) is 100 cm³/mol. The van der Waals surface area contributed by atoms with Gasteiger partial charge in [0, 0.05) is 25.9 Å². The minimum atomic E-state index is -0.301. The van der Waals surface area contributed by atoms with Crippen LogP contribution in [0.3, 0.4) is 0 Å². The maximum Gasteiger partial charge on any atom is 0.223 e. The fraction of sp³-hybridized carbons (Fsp3) is 0.476. The minimum Gasteiger partial charge on any atom is -0.461 e. The molecule has 5 heteroatoms. The Kier molecular flexibility index (Phi) is 6.45. The smallest absolute Gasteiger partial charge is 0.223 e. The molecule has 1 aliphatic rings. The Bertz CT molecular complexity index is 720. The summed E-state index contributed by atoms with van der Waals surface area (Å²) in [5.74, 6) is 1.78. The third kappa shape index (κ3) is 4.73. The van der Waals surface area contributed by atoms with Crippen molar-refractivity contribution >= 4 is 5.91 Å². The summed E-state index contributed by atoms with van der Waals surface area (Å²) in [5, 5.41) is 3.39. The number of piperidine rings is 1. The maximum absolute atomic E-state index is 13.8. The van der Waals surface area contributed by atoms with Crippen LogP contribution in [0.4, 0.5) is 4.39 Å². The summed E-state index contributed by atoms with van der Waals surface area (Å²) in [6.07, 6.45) is 3.11. The van der Waals surface area contributed by atoms with Crippen molar-refractivity contribution in [3.05, 3.63) is 48.0 Å². The van der Waals surface area contributed by atoms with Gasteiger partial charge in [-0.05, 0) is 56.1 Å². The fourth-order valence-corrected chi connectivity index (χ4v) is 3.44. The van der Waals surface area contributed by atoms with Crippen LogP contribution in [0, 0.1) is 11.7 Å². The molecule has 1 N–H and O–H groups in total. The molecule has 0 bridgehead atoms. The lowest BCUT2D eigenvalue weighted by Crippen LogP contribution is -2.40. The Balaban J connectivity index is 1.48. The SMILES string of the molecule is CCNCC1CCN(C(=O)CCc2ccc(-c3ccccc3F)o2)CC1. The van der Waals surface area contributed by atoms with E-state index in [9.17, 15) is 9.18 Å². The standard InChI is InChI=1S/C21H27FN2O2/c1-2-23-15-16-11-13-24(14-12-16)21(25)10-8-17-7-9-20(26-17)18-5-3-4-6-19(18)22/h3-7,9,16,23H,2,8,10-15H2,1H3. The summed E-state index contributed by atoms with van der Waals surface area (Å²) < 4.78 is 19.6. The van der Waals surface area contributed by atoms with E-state index in [0.717, 1.165) is 44.8 Å². The number of amides is 1. The molecule has 1 aromatic heterocycles. The molecule has 0 unspecified atom stereocenters. The molecule has 2 aromatic rings. The molecule has 4 nitrogen and oxygen atoms in total. The molecule has 1 aliphatic heterocycles. The van der Waals surface area contributed by atoms with Gasteiger partial charge in [0.2, 0.25) is 5.91 Å². The van der Waals surface area contributed by atoms with E-state index in [1.807, 2.05) is 11.0 Å². The molecule has 2 heterocycles. The summed E-state index contributed by atoms with van der Waals surface area (Å²) in [4.78, 5) is 14.4. The van der Waals surface area contributed by atoms with Crippen molar-refractivity contribution in [2.45, 2.75) is 32.6 Å². The summed E-state index contributed by atoms with van der Waals surface area (Å²) in [7, 11) is 0. The van der Waals surface area contributed by atoms with E-state index >= 15 is 0 Å². The normalized spacial score (nSPS) is 15.4. The van der Waals surface area contributed by atoms with Crippen LogP contribution in [0.25, 0.3) is 11.3 Å². The van der Waals surface area contributed by atoms with Gasteiger partial charge in [-0.15, -0.1) is 0 Å². The van der Waals surface area contributed by atoms with Crippen molar-refractivity contribution in [3.8, 4) is 11.3 Å². The van der Waals surface area contributed by atoms with E-state index in [0.29, 0.717) is 30.1 Å². The molecule has 1 amide bonds. The van der Waals surface area contributed by atoms with Crippen LogP contribution in [0.1, 0.15) is 31.9 Å². The van der Waals surface area contributed by atoms with Crippen molar-refractivity contribution in [2.24, 2.45) is 5.92 Å². The van der Waals surface area contributed by atoms with Crippen molar-refractivity contribution < 1.29 is 13.6 Å². The Morgan fingerprint density at radius 3 is 2.73 bits per heavy atom. The van der Waals surface area contributed by atoms with Crippen LogP contribution < -0.4 is 5.32 Å². The van der Waals surface area contributed by atoms with Crippen LogP contribution >= 0.6 is 0 Å². The largest absolute Gasteiger partial charge is 0.461 e. The lowest BCUT2D eigenvalue weighted by atomic mass is 9.96. The Labute approximate surface area is 154 Å². The van der Waals surface area contributed by atoms with Crippen molar-refractivity contribution in [3.63, 3.8) is 0 Å². The topological polar surface area (TPSA) is 45.5 Å². The number of nitrogens with one attached hydrogen (secondary N) is 1. The highest BCUT2D eigenvalue weighted by Crippen LogP contribution is 2.25. The summed E-state index contributed by atoms with van der Waals surface area (Å²) in [6, 6.07) is 10.1. The van der Waals surface area contributed by atoms with Crippen molar-refractivity contribution in [2.75, 3.05) is 26.2 Å². The highest BCUT2D eigenvalue weighted by atomic mass is 19.1. The van der Waals surface area contributed by atoms with Crippen molar-refractivity contribution in [1.29, 1.82) is 0 Å². The van der Waals surface area contributed by atoms with Gasteiger partial charge in [-0.1, -0.05) is 19.1 Å². The van der Waals surface area contributed by atoms with Gasteiger partial charge in [-0.25, -0.2) is 4.39 Å². The molecule has 1 aromatic carbocycles. The first-order valence-corrected chi connectivity index (χ1v) is 9.49. The van der Waals surface area contributed by atoms with Gasteiger partial charge >= 0.3 is 0 Å². The van der Waals surface area contributed by atoms with E-state index in [1.54, 1.807) is 24.3 Å². The average molecular weight is 358 g/mol. The molecule has 0 aliphatic carbocycles. The van der Waals surface area contributed by atoms with E-state index in [-0.39, 0.29) is 11.7 Å². The van der Waals surface area contributed by atoms with E-state index < -0.39 is 0 Å². The second kappa shape index (κ2) is 8.99. The number of benzene rings is 1. The van der Waals surface area contributed by atoms with Crippen LogP contribution in [0.15, 0.2) is 40.8 Å². The van der Waals surface area contributed by atoms with Crippen LogP contribution in [0.5, 0.6) is 0 Å². The van der Waals surface area contributed by atoms with Gasteiger partial charge in [-0.3, -0.25) is 4.79 Å². The second-order valence-corrected chi connectivity index (χ2v) is 6.88. The molecular weight excluding hydrogens is 331 g/mol. The summed E-state index contributed by atoms with van der Waals surface area (Å²) >= 11 is 0. The van der Waals surface area contributed by atoms with Gasteiger partial charge in [0.15, 0.2) is 0 Å². The molecule has 3 rings (SSSR count). The van der Waals surface area contributed by atoms with Gasteiger partial charge in [0.25, 0.3) is 0 Å². The molecule has 0 radical (unpaired) electrons. The molecule has 140 valence electrons. The number of hydrogen-bond donors (Lipinski definition) is 1. The van der Waals surface area contributed by atoms with Crippen LogP contribution in [-0.4, -0.2) is 37.0 Å². The number of halogens is 1. The first kappa shape index (κ1) is 18.6. The second-order valence-electron chi connectivity index (χ2n) is 6.88. The zero-order chi connectivity index (χ0) is 18.4. The number of likely N-dealkylation sites (tertiary alicyclic amines) is 1. The number of hydrogen-bond acceptors (Lipinski definition) is 3. The Morgan fingerprint density at radius 1 is 1.23 bits per heavy atom. The van der Waals surface area contributed by atoms with Crippen molar-refractivity contribution in [1.82, 2.24) is 10.2 Å². The predicted octanol–water partition coefficient (Wildman–Crippen LogP) is 3.87. The van der Waals surface area contributed by atoms with Gasteiger partial charge in [0.05, 0.1) is 5.56 Å². The lowest BCUT2D eigenvalue weighted by molar-refractivity contribution is -0.132. The third-order valence-electron chi connectivity index (χ3n) is 5.04. The van der Waals surface area contributed by atoms with E-state index in [1.165, 1.54) is 6.07 Å². The minimum absolute atomic E-state index is 0.177. The molecule has 0 saturated carbocycles. The summed E-state index contributed by atoms with van der Waals surface area (Å²) in [5.41, 5.74) is 0.452. The van der Waals surface area contributed by atoms with E-state index in [4.69, 9.17) is 4.42 Å². The van der Waals surface area contributed by atoms with E-state index in [2.05, 4.69) is 12.2 Å². The van der Waals surface area contributed by atoms with Crippen LogP contribution in [0.2, 0.25) is 0 Å². The first-order chi connectivity index (χ1) is 12.7. The Morgan fingerprint density at radius 2 is 2.00 bits per heavy atom. The quantitative estimate of drug-likeness (QED) is 0.817.